The predicted octanol–water partition coefficient (Wildman–Crippen LogP) is 3.76. The van der Waals surface area contributed by atoms with Gasteiger partial charge in [-0.3, -0.25) is 0 Å². The van der Waals surface area contributed by atoms with E-state index in [-0.39, 0.29) is 0 Å². The van der Waals surface area contributed by atoms with Crippen LogP contribution in [-0.2, 0) is 6.42 Å². The molecule has 0 amide bonds. The summed E-state index contributed by atoms with van der Waals surface area (Å²) in [6.07, 6.45) is 3.10. The highest BCUT2D eigenvalue weighted by atomic mass is 79.9. The molecule has 0 aliphatic heterocycles. The Morgan fingerprint density at radius 3 is 2.71 bits per heavy atom. The Hall–Kier alpha value is -1.62. The summed E-state index contributed by atoms with van der Waals surface area (Å²) in [5.74, 6) is 3.14. The van der Waals surface area contributed by atoms with Crippen LogP contribution in [-0.4, -0.2) is 24.1 Å². The van der Waals surface area contributed by atoms with E-state index in [0.29, 0.717) is 12.3 Å². The van der Waals surface area contributed by atoms with Crippen LogP contribution < -0.4 is 10.1 Å². The molecule has 1 aliphatic rings. The Balaban J connectivity index is 1.96. The molecular weight excluding hydrogens is 330 g/mol. The number of hydrogen-bond donors (Lipinski definition) is 1. The molecular formula is C16H18BrN3O. The third-order valence-corrected chi connectivity index (χ3v) is 4.45. The van der Waals surface area contributed by atoms with E-state index in [0.717, 1.165) is 33.1 Å². The van der Waals surface area contributed by atoms with Gasteiger partial charge >= 0.3 is 0 Å². The number of methoxy groups -OCH3 is 1. The minimum absolute atomic E-state index is 0.575. The van der Waals surface area contributed by atoms with Crippen molar-refractivity contribution < 1.29 is 4.74 Å². The Bertz CT molecular complexity index is 656. The predicted molar refractivity (Wildman–Crippen MR) is 87.1 cm³/mol. The van der Waals surface area contributed by atoms with Crippen LogP contribution in [0, 0.1) is 0 Å². The van der Waals surface area contributed by atoms with Crippen LogP contribution in [0.3, 0.4) is 0 Å². The van der Waals surface area contributed by atoms with E-state index in [1.807, 2.05) is 25.2 Å². The quantitative estimate of drug-likeness (QED) is 0.894. The summed E-state index contributed by atoms with van der Waals surface area (Å²) in [6.45, 7) is 0. The number of rotatable bonds is 5. The normalized spacial score (nSPS) is 14.0. The van der Waals surface area contributed by atoms with E-state index in [9.17, 15) is 0 Å². The van der Waals surface area contributed by atoms with Gasteiger partial charge in [-0.2, -0.15) is 0 Å². The highest BCUT2D eigenvalue weighted by Gasteiger charge is 2.29. The number of anilines is 1. The first-order valence-corrected chi connectivity index (χ1v) is 7.88. The van der Waals surface area contributed by atoms with E-state index >= 15 is 0 Å². The Morgan fingerprint density at radius 2 is 2.05 bits per heavy atom. The number of ether oxygens (including phenoxy) is 1. The summed E-state index contributed by atoms with van der Waals surface area (Å²) in [6, 6.07) is 8.01. The van der Waals surface area contributed by atoms with E-state index < -0.39 is 0 Å². The van der Waals surface area contributed by atoms with Gasteiger partial charge in [0.2, 0.25) is 0 Å². The van der Waals surface area contributed by atoms with E-state index in [2.05, 4.69) is 32.3 Å². The minimum atomic E-state index is 0.575. The molecule has 0 radical (unpaired) electrons. The Morgan fingerprint density at radius 1 is 1.29 bits per heavy atom. The molecule has 2 aromatic rings. The molecule has 1 fully saturated rings. The monoisotopic (exact) mass is 347 g/mol. The maximum atomic E-state index is 5.41. The largest absolute Gasteiger partial charge is 0.496 e. The molecule has 1 saturated carbocycles. The standard InChI is InChI=1S/C16H18BrN3O/c1-18-16-14(17)15(10-7-8-10)19-13(20-16)9-11-5-3-4-6-12(11)21-2/h3-6,10H,7-9H2,1-2H3,(H,18,19,20). The number of hydrogen-bond acceptors (Lipinski definition) is 4. The van der Waals surface area contributed by atoms with Crippen LogP contribution in [0.5, 0.6) is 5.75 Å². The maximum absolute atomic E-state index is 5.41. The van der Waals surface area contributed by atoms with Gasteiger partial charge < -0.3 is 10.1 Å². The van der Waals surface area contributed by atoms with Gasteiger partial charge in [0, 0.05) is 24.9 Å². The third kappa shape index (κ3) is 3.02. The van der Waals surface area contributed by atoms with E-state index in [1.165, 1.54) is 12.8 Å². The molecule has 1 aromatic heterocycles. The second-order valence-corrected chi connectivity index (χ2v) is 5.99. The van der Waals surface area contributed by atoms with Crippen molar-refractivity contribution in [2.24, 2.45) is 0 Å². The average molecular weight is 348 g/mol. The van der Waals surface area contributed by atoms with Crippen molar-refractivity contribution >= 4 is 21.7 Å². The molecule has 1 aromatic carbocycles. The lowest BCUT2D eigenvalue weighted by molar-refractivity contribution is 0.410. The number of nitrogens with zero attached hydrogens (tertiary/aromatic N) is 2. The molecule has 1 aliphatic carbocycles. The van der Waals surface area contributed by atoms with Crippen molar-refractivity contribution in [2.75, 3.05) is 19.5 Å². The van der Waals surface area contributed by atoms with Crippen LogP contribution in [0.2, 0.25) is 0 Å². The number of benzene rings is 1. The first kappa shape index (κ1) is 14.3. The number of nitrogens with one attached hydrogen (secondary N) is 1. The van der Waals surface area contributed by atoms with Crippen LogP contribution in [0.4, 0.5) is 5.82 Å². The molecule has 21 heavy (non-hydrogen) atoms. The zero-order valence-electron chi connectivity index (χ0n) is 12.2. The van der Waals surface area contributed by atoms with Gasteiger partial charge in [-0.05, 0) is 34.8 Å². The fourth-order valence-corrected chi connectivity index (χ4v) is 3.10. The van der Waals surface area contributed by atoms with Crippen LogP contribution in [0.15, 0.2) is 28.7 Å². The Labute approximate surface area is 133 Å². The van der Waals surface area contributed by atoms with Gasteiger partial charge in [-0.25, -0.2) is 9.97 Å². The molecule has 0 spiro atoms. The topological polar surface area (TPSA) is 47.0 Å². The van der Waals surface area contributed by atoms with Crippen molar-refractivity contribution in [1.29, 1.82) is 0 Å². The van der Waals surface area contributed by atoms with Gasteiger partial charge in [0.05, 0.1) is 17.3 Å². The molecule has 0 unspecified atom stereocenters. The van der Waals surface area contributed by atoms with E-state index in [1.54, 1.807) is 7.11 Å². The van der Waals surface area contributed by atoms with Crippen molar-refractivity contribution in [2.45, 2.75) is 25.2 Å². The van der Waals surface area contributed by atoms with E-state index in [4.69, 9.17) is 9.72 Å². The maximum Gasteiger partial charge on any atom is 0.144 e. The van der Waals surface area contributed by atoms with Gasteiger partial charge in [-0.1, -0.05) is 18.2 Å². The minimum Gasteiger partial charge on any atom is -0.496 e. The average Bonchev–Trinajstić information content (AvgIpc) is 3.34. The summed E-state index contributed by atoms with van der Waals surface area (Å²) in [7, 11) is 3.58. The van der Waals surface area contributed by atoms with Crippen LogP contribution in [0.25, 0.3) is 0 Å². The molecule has 5 heteroatoms. The summed E-state index contributed by atoms with van der Waals surface area (Å²) in [4.78, 5) is 9.37. The van der Waals surface area contributed by atoms with Crippen LogP contribution in [0.1, 0.15) is 35.8 Å². The molecule has 0 bridgehead atoms. The highest BCUT2D eigenvalue weighted by Crippen LogP contribution is 2.43. The van der Waals surface area contributed by atoms with Crippen molar-refractivity contribution in [3.8, 4) is 5.75 Å². The van der Waals surface area contributed by atoms with Gasteiger partial charge in [0.25, 0.3) is 0 Å². The van der Waals surface area contributed by atoms with Crippen molar-refractivity contribution in [1.82, 2.24) is 9.97 Å². The highest BCUT2D eigenvalue weighted by molar-refractivity contribution is 9.10. The Kier molecular flexibility index (Phi) is 4.10. The molecule has 4 nitrogen and oxygen atoms in total. The van der Waals surface area contributed by atoms with Gasteiger partial charge in [0.1, 0.15) is 17.4 Å². The summed E-state index contributed by atoms with van der Waals surface area (Å²) < 4.78 is 6.40. The molecule has 0 atom stereocenters. The van der Waals surface area contributed by atoms with Crippen molar-refractivity contribution in [3.05, 3.63) is 45.8 Å². The number of para-hydroxylation sites is 1. The second-order valence-electron chi connectivity index (χ2n) is 5.20. The van der Waals surface area contributed by atoms with Gasteiger partial charge in [-0.15, -0.1) is 0 Å². The summed E-state index contributed by atoms with van der Waals surface area (Å²) in [5.41, 5.74) is 2.23. The summed E-state index contributed by atoms with van der Waals surface area (Å²) >= 11 is 3.62. The number of aromatic nitrogens is 2. The lowest BCUT2D eigenvalue weighted by atomic mass is 10.1. The lowest BCUT2D eigenvalue weighted by Crippen LogP contribution is -2.06. The van der Waals surface area contributed by atoms with Crippen LogP contribution >= 0.6 is 15.9 Å². The van der Waals surface area contributed by atoms with Crippen molar-refractivity contribution in [3.63, 3.8) is 0 Å². The molecule has 110 valence electrons. The molecule has 1 N–H and O–H groups in total. The zero-order chi connectivity index (χ0) is 14.8. The first-order chi connectivity index (χ1) is 10.2. The fraction of sp³-hybridized carbons (Fsp3) is 0.375. The third-order valence-electron chi connectivity index (χ3n) is 3.67. The SMILES string of the molecule is CNc1nc(Cc2ccccc2OC)nc(C2CC2)c1Br. The van der Waals surface area contributed by atoms with Gasteiger partial charge in [0.15, 0.2) is 0 Å². The zero-order valence-corrected chi connectivity index (χ0v) is 13.8. The first-order valence-electron chi connectivity index (χ1n) is 7.09. The summed E-state index contributed by atoms with van der Waals surface area (Å²) in [5, 5.41) is 3.14. The smallest absolute Gasteiger partial charge is 0.144 e. The lowest BCUT2D eigenvalue weighted by Gasteiger charge is -2.12. The molecule has 3 rings (SSSR count). The second kappa shape index (κ2) is 6.02. The molecule has 0 saturated heterocycles. The number of halogens is 1. The molecule has 1 heterocycles. The fourth-order valence-electron chi connectivity index (χ4n) is 2.40.